The van der Waals surface area contributed by atoms with Crippen LogP contribution in [0.4, 0.5) is 0 Å². The molecule has 0 atom stereocenters. The molecule has 0 aliphatic carbocycles. The lowest BCUT2D eigenvalue weighted by Gasteiger charge is -2.25. The molecule has 4 heteroatoms. The first-order valence-corrected chi connectivity index (χ1v) is 8.16. The van der Waals surface area contributed by atoms with Crippen LogP contribution >= 0.6 is 0 Å². The average molecular weight is 284 g/mol. The van der Waals surface area contributed by atoms with Crippen LogP contribution in [0.25, 0.3) is 0 Å². The molecule has 108 valence electrons. The van der Waals surface area contributed by atoms with Gasteiger partial charge in [-0.1, -0.05) is 47.6 Å². The second-order valence-corrected chi connectivity index (χ2v) is 8.61. The quantitative estimate of drug-likeness (QED) is 0.779. The molecule has 0 fully saturated rings. The van der Waals surface area contributed by atoms with Gasteiger partial charge in [-0.25, -0.2) is 0 Å². The SMILES string of the molecule is CC(C)(C)c1cc(OS(C)(=O)=O)cc(C(C)(C)C)c1. The van der Waals surface area contributed by atoms with Crippen molar-refractivity contribution in [1.29, 1.82) is 0 Å². The molecule has 0 saturated carbocycles. The third-order valence-corrected chi connectivity index (χ3v) is 3.38. The molecular formula is C15H24O3S. The molecule has 0 N–H and O–H groups in total. The third kappa shape index (κ3) is 4.86. The van der Waals surface area contributed by atoms with E-state index in [1.165, 1.54) is 0 Å². The molecule has 0 aromatic heterocycles. The van der Waals surface area contributed by atoms with Gasteiger partial charge in [-0.2, -0.15) is 8.42 Å². The van der Waals surface area contributed by atoms with Crippen LogP contribution in [-0.2, 0) is 20.9 Å². The summed E-state index contributed by atoms with van der Waals surface area (Å²) in [5.74, 6) is 0.389. The van der Waals surface area contributed by atoms with Gasteiger partial charge in [0.25, 0.3) is 0 Å². The molecule has 19 heavy (non-hydrogen) atoms. The van der Waals surface area contributed by atoms with Gasteiger partial charge in [-0.15, -0.1) is 0 Å². The Bertz CT molecular complexity index is 526. The predicted octanol–water partition coefficient (Wildman–Crippen LogP) is 3.62. The van der Waals surface area contributed by atoms with Gasteiger partial charge >= 0.3 is 10.1 Å². The van der Waals surface area contributed by atoms with Gasteiger partial charge in [-0.3, -0.25) is 0 Å². The first-order valence-electron chi connectivity index (χ1n) is 6.34. The zero-order valence-corrected chi connectivity index (χ0v) is 13.7. The second-order valence-electron chi connectivity index (χ2n) is 7.03. The number of benzene rings is 1. The summed E-state index contributed by atoms with van der Waals surface area (Å²) in [4.78, 5) is 0. The Balaban J connectivity index is 3.41. The smallest absolute Gasteiger partial charge is 0.306 e. The monoisotopic (exact) mass is 284 g/mol. The Morgan fingerprint density at radius 1 is 0.842 bits per heavy atom. The molecule has 1 rings (SSSR count). The maximum Gasteiger partial charge on any atom is 0.306 e. The lowest BCUT2D eigenvalue weighted by Crippen LogP contribution is -2.17. The molecule has 0 aliphatic heterocycles. The van der Waals surface area contributed by atoms with Crippen LogP contribution in [-0.4, -0.2) is 14.7 Å². The van der Waals surface area contributed by atoms with Crippen LogP contribution in [0.1, 0.15) is 52.7 Å². The fourth-order valence-electron chi connectivity index (χ4n) is 1.69. The first kappa shape index (κ1) is 16.0. The van der Waals surface area contributed by atoms with Crippen molar-refractivity contribution in [2.45, 2.75) is 52.4 Å². The summed E-state index contributed by atoms with van der Waals surface area (Å²) in [5.41, 5.74) is 2.02. The molecule has 0 radical (unpaired) electrons. The predicted molar refractivity (Wildman–Crippen MR) is 79.3 cm³/mol. The summed E-state index contributed by atoms with van der Waals surface area (Å²) in [6.07, 6.45) is 1.06. The molecule has 1 aromatic rings. The first-order chi connectivity index (χ1) is 8.29. The van der Waals surface area contributed by atoms with E-state index < -0.39 is 10.1 Å². The highest BCUT2D eigenvalue weighted by Crippen LogP contribution is 2.33. The van der Waals surface area contributed by atoms with Crippen LogP contribution in [0.2, 0.25) is 0 Å². The van der Waals surface area contributed by atoms with E-state index >= 15 is 0 Å². The topological polar surface area (TPSA) is 43.4 Å². The van der Waals surface area contributed by atoms with Crippen molar-refractivity contribution in [3.05, 3.63) is 29.3 Å². The summed E-state index contributed by atoms with van der Waals surface area (Å²) in [5, 5.41) is 0. The minimum absolute atomic E-state index is 0.0587. The lowest BCUT2D eigenvalue weighted by atomic mass is 9.80. The summed E-state index contributed by atoms with van der Waals surface area (Å²) < 4.78 is 27.6. The average Bonchev–Trinajstić information content (AvgIpc) is 2.11. The maximum atomic E-state index is 11.3. The van der Waals surface area contributed by atoms with Crippen molar-refractivity contribution in [2.24, 2.45) is 0 Å². The minimum atomic E-state index is -3.50. The third-order valence-electron chi connectivity index (χ3n) is 2.89. The number of hydrogen-bond donors (Lipinski definition) is 0. The van der Waals surface area contributed by atoms with E-state index in [0.29, 0.717) is 5.75 Å². The van der Waals surface area contributed by atoms with E-state index in [-0.39, 0.29) is 10.8 Å². The van der Waals surface area contributed by atoms with E-state index in [0.717, 1.165) is 17.4 Å². The van der Waals surface area contributed by atoms with Crippen molar-refractivity contribution in [3.8, 4) is 5.75 Å². The Morgan fingerprint density at radius 3 is 1.47 bits per heavy atom. The Morgan fingerprint density at radius 2 is 1.21 bits per heavy atom. The highest BCUT2D eigenvalue weighted by atomic mass is 32.2. The summed E-state index contributed by atoms with van der Waals surface area (Å²) >= 11 is 0. The molecule has 1 aromatic carbocycles. The summed E-state index contributed by atoms with van der Waals surface area (Å²) in [6, 6.07) is 5.72. The molecule has 0 bridgehead atoms. The molecular weight excluding hydrogens is 260 g/mol. The standard InChI is InChI=1S/C15H24O3S/c1-14(2,3)11-8-12(15(4,5)6)10-13(9-11)18-19(7,16)17/h8-10H,1-7H3. The van der Waals surface area contributed by atoms with Crippen LogP contribution < -0.4 is 4.18 Å². The van der Waals surface area contributed by atoms with Crippen LogP contribution in [0.15, 0.2) is 18.2 Å². The fourth-order valence-corrected chi connectivity index (χ4v) is 2.13. The molecule has 0 heterocycles. The Labute approximate surface area is 117 Å². The van der Waals surface area contributed by atoms with Crippen molar-refractivity contribution < 1.29 is 12.6 Å². The number of rotatable bonds is 2. The molecule has 0 unspecified atom stereocenters. The van der Waals surface area contributed by atoms with Crippen molar-refractivity contribution in [2.75, 3.05) is 6.26 Å². The zero-order chi connectivity index (χ0) is 15.1. The van der Waals surface area contributed by atoms with E-state index in [1.54, 1.807) is 12.1 Å². The largest absolute Gasteiger partial charge is 0.383 e. The summed E-state index contributed by atoms with van der Waals surface area (Å²) in [6.45, 7) is 12.6. The van der Waals surface area contributed by atoms with Gasteiger partial charge in [-0.05, 0) is 34.1 Å². The minimum Gasteiger partial charge on any atom is -0.383 e. The fraction of sp³-hybridized carbons (Fsp3) is 0.600. The maximum absolute atomic E-state index is 11.3. The van der Waals surface area contributed by atoms with E-state index in [2.05, 4.69) is 47.6 Å². The highest BCUT2D eigenvalue weighted by molar-refractivity contribution is 7.86. The molecule has 3 nitrogen and oxygen atoms in total. The molecule has 0 aliphatic rings. The van der Waals surface area contributed by atoms with Crippen molar-refractivity contribution >= 4 is 10.1 Å². The summed E-state index contributed by atoms with van der Waals surface area (Å²) in [7, 11) is -3.50. The van der Waals surface area contributed by atoms with Gasteiger partial charge in [0.15, 0.2) is 0 Å². The molecule has 0 amide bonds. The van der Waals surface area contributed by atoms with Gasteiger partial charge < -0.3 is 4.18 Å². The van der Waals surface area contributed by atoms with Gasteiger partial charge in [0, 0.05) is 0 Å². The van der Waals surface area contributed by atoms with Crippen LogP contribution in [0.5, 0.6) is 5.75 Å². The van der Waals surface area contributed by atoms with E-state index in [4.69, 9.17) is 4.18 Å². The Kier molecular flexibility index (Phi) is 4.06. The highest BCUT2D eigenvalue weighted by Gasteiger charge is 2.21. The van der Waals surface area contributed by atoms with Crippen molar-refractivity contribution in [1.82, 2.24) is 0 Å². The van der Waals surface area contributed by atoms with Crippen molar-refractivity contribution in [3.63, 3.8) is 0 Å². The van der Waals surface area contributed by atoms with Crippen LogP contribution in [0, 0.1) is 0 Å². The number of hydrogen-bond acceptors (Lipinski definition) is 3. The zero-order valence-electron chi connectivity index (χ0n) is 12.9. The molecule has 0 spiro atoms. The molecule has 0 saturated heterocycles. The van der Waals surface area contributed by atoms with E-state index in [9.17, 15) is 8.42 Å². The van der Waals surface area contributed by atoms with Gasteiger partial charge in [0.1, 0.15) is 5.75 Å². The van der Waals surface area contributed by atoms with E-state index in [1.807, 2.05) is 0 Å². The van der Waals surface area contributed by atoms with Gasteiger partial charge in [0.05, 0.1) is 6.26 Å². The normalized spacial score (nSPS) is 13.4. The van der Waals surface area contributed by atoms with Gasteiger partial charge in [0.2, 0.25) is 0 Å². The Hall–Kier alpha value is -1.03. The lowest BCUT2D eigenvalue weighted by molar-refractivity contribution is 0.487. The van der Waals surface area contributed by atoms with Crippen LogP contribution in [0.3, 0.4) is 0 Å². The second kappa shape index (κ2) is 4.82.